The largest absolute Gasteiger partial charge is 0.489 e. The van der Waals surface area contributed by atoms with Gasteiger partial charge in [0.25, 0.3) is 0 Å². The topological polar surface area (TPSA) is 44.5 Å². The van der Waals surface area contributed by atoms with Crippen LogP contribution >= 0.6 is 0 Å². The molecule has 2 atom stereocenters. The Kier molecular flexibility index (Phi) is 3.65. The summed E-state index contributed by atoms with van der Waals surface area (Å²) in [7, 11) is 0. The van der Waals surface area contributed by atoms with Gasteiger partial charge in [0.1, 0.15) is 0 Å². The molecule has 0 radical (unpaired) electrons. The molecule has 2 aliphatic rings. The third kappa shape index (κ3) is 2.71. The number of hydrogen-bond donors (Lipinski definition) is 1. The highest BCUT2D eigenvalue weighted by Crippen LogP contribution is 2.38. The monoisotopic (exact) mass is 261 g/mol. The fraction of sp³-hybridized carbons (Fsp3) is 0.625. The molecular weight excluding hydrogens is 238 g/mol. The maximum atomic E-state index is 6.40. The average molecular weight is 261 g/mol. The minimum Gasteiger partial charge on any atom is -0.489 e. The van der Waals surface area contributed by atoms with Gasteiger partial charge >= 0.3 is 0 Å². The zero-order valence-electron chi connectivity index (χ0n) is 11.6. The fourth-order valence-corrected chi connectivity index (χ4v) is 3.06. The summed E-state index contributed by atoms with van der Waals surface area (Å²) in [4.78, 5) is 0. The number of fused-ring (bicyclic) bond motifs is 1. The van der Waals surface area contributed by atoms with Crippen molar-refractivity contribution in [2.24, 2.45) is 17.6 Å². The van der Waals surface area contributed by atoms with E-state index in [1.807, 2.05) is 6.07 Å². The minimum absolute atomic E-state index is 0.136. The first-order valence-corrected chi connectivity index (χ1v) is 7.39. The molecule has 1 aromatic carbocycles. The highest BCUT2D eigenvalue weighted by atomic mass is 16.5. The Labute approximate surface area is 115 Å². The molecule has 3 rings (SSSR count). The van der Waals surface area contributed by atoms with E-state index in [4.69, 9.17) is 15.2 Å². The second-order valence-electron chi connectivity index (χ2n) is 6.00. The summed E-state index contributed by atoms with van der Waals surface area (Å²) in [5, 5.41) is 0. The summed E-state index contributed by atoms with van der Waals surface area (Å²) in [6.45, 7) is 3.58. The Hall–Kier alpha value is -1.22. The first-order chi connectivity index (χ1) is 9.24. The first kappa shape index (κ1) is 12.8. The lowest BCUT2D eigenvalue weighted by Gasteiger charge is -2.20. The quantitative estimate of drug-likeness (QED) is 0.888. The molecule has 0 bridgehead atoms. The van der Waals surface area contributed by atoms with Gasteiger partial charge < -0.3 is 15.2 Å². The lowest BCUT2D eigenvalue weighted by molar-refractivity contribution is 0.228. The first-order valence-electron chi connectivity index (χ1n) is 7.39. The standard InChI is InChI=1S/C16H23NO2/c1-11-9-18-14-7-6-13(8-15(14)19-10-11)16(17)12-4-2-3-5-12/h6-8,11-12,16H,2-5,9-10,17H2,1H3. The molecule has 1 fully saturated rings. The van der Waals surface area contributed by atoms with E-state index in [2.05, 4.69) is 19.1 Å². The summed E-state index contributed by atoms with van der Waals surface area (Å²) in [6.07, 6.45) is 5.15. The molecular formula is C16H23NO2. The summed E-state index contributed by atoms with van der Waals surface area (Å²) >= 11 is 0. The van der Waals surface area contributed by atoms with E-state index in [9.17, 15) is 0 Å². The zero-order chi connectivity index (χ0) is 13.2. The molecule has 3 heteroatoms. The Morgan fingerprint density at radius 3 is 2.53 bits per heavy atom. The lowest BCUT2D eigenvalue weighted by Crippen LogP contribution is -2.19. The van der Waals surface area contributed by atoms with Gasteiger partial charge in [0, 0.05) is 12.0 Å². The highest BCUT2D eigenvalue weighted by molar-refractivity contribution is 5.44. The number of benzene rings is 1. The van der Waals surface area contributed by atoms with Crippen LogP contribution in [0.2, 0.25) is 0 Å². The molecule has 0 spiro atoms. The van der Waals surface area contributed by atoms with Crippen LogP contribution < -0.4 is 15.2 Å². The van der Waals surface area contributed by atoms with Crippen molar-refractivity contribution in [3.05, 3.63) is 23.8 Å². The average Bonchev–Trinajstić information content (AvgIpc) is 2.90. The van der Waals surface area contributed by atoms with E-state index in [0.717, 1.165) is 24.7 Å². The van der Waals surface area contributed by atoms with Crippen molar-refractivity contribution in [1.29, 1.82) is 0 Å². The molecule has 0 saturated heterocycles. The van der Waals surface area contributed by atoms with Crippen molar-refractivity contribution in [2.45, 2.75) is 38.6 Å². The van der Waals surface area contributed by atoms with Gasteiger partial charge in [-0.15, -0.1) is 0 Å². The van der Waals surface area contributed by atoms with Crippen LogP contribution in [0.25, 0.3) is 0 Å². The second-order valence-corrected chi connectivity index (χ2v) is 6.00. The van der Waals surface area contributed by atoms with E-state index in [0.29, 0.717) is 11.8 Å². The Morgan fingerprint density at radius 1 is 1.11 bits per heavy atom. The van der Waals surface area contributed by atoms with Crippen LogP contribution in [0.3, 0.4) is 0 Å². The van der Waals surface area contributed by atoms with Crippen molar-refractivity contribution in [3.8, 4) is 11.5 Å². The van der Waals surface area contributed by atoms with Crippen LogP contribution in [0.4, 0.5) is 0 Å². The van der Waals surface area contributed by atoms with Crippen molar-refractivity contribution >= 4 is 0 Å². The maximum absolute atomic E-state index is 6.40. The molecule has 1 aliphatic carbocycles. The van der Waals surface area contributed by atoms with Gasteiger partial charge in [0.15, 0.2) is 11.5 Å². The molecule has 1 aliphatic heterocycles. The summed E-state index contributed by atoms with van der Waals surface area (Å²) in [5.41, 5.74) is 7.59. The summed E-state index contributed by atoms with van der Waals surface area (Å²) in [5.74, 6) is 2.77. The van der Waals surface area contributed by atoms with Gasteiger partial charge in [0.05, 0.1) is 13.2 Å². The molecule has 3 nitrogen and oxygen atoms in total. The molecule has 1 aromatic rings. The second kappa shape index (κ2) is 5.41. The number of ether oxygens (including phenoxy) is 2. The Balaban J connectivity index is 1.80. The van der Waals surface area contributed by atoms with Gasteiger partial charge in [-0.3, -0.25) is 0 Å². The Bertz CT molecular complexity index is 440. The van der Waals surface area contributed by atoms with Crippen LogP contribution in [0, 0.1) is 11.8 Å². The van der Waals surface area contributed by atoms with Gasteiger partial charge in [0.2, 0.25) is 0 Å². The van der Waals surface area contributed by atoms with Crippen molar-refractivity contribution < 1.29 is 9.47 Å². The SMILES string of the molecule is CC1COc2ccc(C(N)C3CCCC3)cc2OC1. The van der Waals surface area contributed by atoms with E-state index in [1.54, 1.807) is 0 Å². The predicted molar refractivity (Wildman–Crippen MR) is 75.5 cm³/mol. The normalized spacial score (nSPS) is 25.1. The molecule has 2 unspecified atom stereocenters. The Morgan fingerprint density at radius 2 is 1.79 bits per heavy atom. The molecule has 0 aromatic heterocycles. The number of nitrogens with two attached hydrogens (primary N) is 1. The molecule has 0 amide bonds. The lowest BCUT2D eigenvalue weighted by atomic mass is 9.92. The van der Waals surface area contributed by atoms with Crippen molar-refractivity contribution in [1.82, 2.24) is 0 Å². The molecule has 104 valence electrons. The van der Waals surface area contributed by atoms with Crippen LogP contribution in [0.15, 0.2) is 18.2 Å². The van der Waals surface area contributed by atoms with Crippen LogP contribution in [-0.4, -0.2) is 13.2 Å². The van der Waals surface area contributed by atoms with Crippen LogP contribution in [0.5, 0.6) is 11.5 Å². The van der Waals surface area contributed by atoms with E-state index >= 15 is 0 Å². The number of rotatable bonds is 2. The highest BCUT2D eigenvalue weighted by Gasteiger charge is 2.24. The minimum atomic E-state index is 0.136. The molecule has 1 saturated carbocycles. The van der Waals surface area contributed by atoms with E-state index in [-0.39, 0.29) is 6.04 Å². The molecule has 1 heterocycles. The van der Waals surface area contributed by atoms with Crippen molar-refractivity contribution in [3.63, 3.8) is 0 Å². The predicted octanol–water partition coefficient (Wildman–Crippen LogP) is 3.28. The van der Waals surface area contributed by atoms with Crippen molar-refractivity contribution in [2.75, 3.05) is 13.2 Å². The van der Waals surface area contributed by atoms with Gasteiger partial charge in [-0.2, -0.15) is 0 Å². The maximum Gasteiger partial charge on any atom is 0.161 e. The van der Waals surface area contributed by atoms with Gasteiger partial charge in [-0.05, 0) is 36.5 Å². The summed E-state index contributed by atoms with van der Waals surface area (Å²) < 4.78 is 11.6. The zero-order valence-corrected chi connectivity index (χ0v) is 11.6. The third-order valence-electron chi connectivity index (χ3n) is 4.31. The van der Waals surface area contributed by atoms with Gasteiger partial charge in [-0.25, -0.2) is 0 Å². The van der Waals surface area contributed by atoms with E-state index in [1.165, 1.54) is 31.2 Å². The smallest absolute Gasteiger partial charge is 0.161 e. The third-order valence-corrected chi connectivity index (χ3v) is 4.31. The summed E-state index contributed by atoms with van der Waals surface area (Å²) in [6, 6.07) is 6.33. The number of hydrogen-bond acceptors (Lipinski definition) is 3. The van der Waals surface area contributed by atoms with Crippen LogP contribution in [0.1, 0.15) is 44.2 Å². The fourth-order valence-electron chi connectivity index (χ4n) is 3.06. The van der Waals surface area contributed by atoms with Crippen LogP contribution in [-0.2, 0) is 0 Å². The molecule has 19 heavy (non-hydrogen) atoms. The molecule has 2 N–H and O–H groups in total. The van der Waals surface area contributed by atoms with E-state index < -0.39 is 0 Å². The van der Waals surface area contributed by atoms with Gasteiger partial charge in [-0.1, -0.05) is 25.8 Å².